The van der Waals surface area contributed by atoms with Gasteiger partial charge in [0.15, 0.2) is 5.82 Å². The topological polar surface area (TPSA) is 66.4 Å². The van der Waals surface area contributed by atoms with Gasteiger partial charge in [0.05, 0.1) is 11.4 Å². The van der Waals surface area contributed by atoms with E-state index in [1.807, 2.05) is 37.3 Å². The van der Waals surface area contributed by atoms with Gasteiger partial charge in [-0.2, -0.15) is 4.31 Å². The minimum atomic E-state index is -3.24. The molecule has 6 nitrogen and oxygen atoms in total. The Labute approximate surface area is 174 Å². The molecule has 1 aromatic carbocycles. The molecule has 0 atom stereocenters. The van der Waals surface area contributed by atoms with Gasteiger partial charge in [0.1, 0.15) is 5.82 Å². The molecular formula is C22H30N4O2S. The number of fused-ring (bicyclic) bond motifs is 1. The molecule has 2 aromatic rings. The highest BCUT2D eigenvalue weighted by molar-refractivity contribution is 7.89. The molecule has 7 heteroatoms. The fraction of sp³-hybridized carbons (Fsp3) is 0.545. The zero-order valence-electron chi connectivity index (χ0n) is 17.2. The number of rotatable bonds is 6. The lowest BCUT2D eigenvalue weighted by Crippen LogP contribution is -2.40. The van der Waals surface area contributed by atoms with E-state index in [9.17, 15) is 8.42 Å². The van der Waals surface area contributed by atoms with Crippen LogP contribution in [-0.4, -0.2) is 48.1 Å². The second-order valence-corrected chi connectivity index (χ2v) is 10.1. The highest BCUT2D eigenvalue weighted by atomic mass is 32.2. The number of piperidine rings is 1. The van der Waals surface area contributed by atoms with Crippen molar-refractivity contribution in [2.75, 3.05) is 30.3 Å². The summed E-state index contributed by atoms with van der Waals surface area (Å²) in [4.78, 5) is 12.1. The Kier molecular flexibility index (Phi) is 6.15. The monoisotopic (exact) mass is 414 g/mol. The van der Waals surface area contributed by atoms with E-state index in [4.69, 9.17) is 9.97 Å². The van der Waals surface area contributed by atoms with Gasteiger partial charge in [-0.3, -0.25) is 0 Å². The summed E-state index contributed by atoms with van der Waals surface area (Å²) in [5, 5.41) is 0. The first-order chi connectivity index (χ1) is 14.1. The van der Waals surface area contributed by atoms with Crippen LogP contribution in [0.4, 0.5) is 5.82 Å². The van der Waals surface area contributed by atoms with Crippen molar-refractivity contribution in [1.82, 2.24) is 14.3 Å². The second kappa shape index (κ2) is 8.79. The SMILES string of the molecule is CCCCS(=O)(=O)N1CCc2nc(-c3ccccc3)nc(N3CCCCC3)c2C1. The molecule has 1 saturated heterocycles. The highest BCUT2D eigenvalue weighted by Crippen LogP contribution is 2.32. The molecule has 156 valence electrons. The zero-order chi connectivity index (χ0) is 20.3. The van der Waals surface area contributed by atoms with Gasteiger partial charge in [0, 0.05) is 43.7 Å². The van der Waals surface area contributed by atoms with Crippen LogP contribution in [0.5, 0.6) is 0 Å². The summed E-state index contributed by atoms with van der Waals surface area (Å²) in [6.07, 6.45) is 5.77. The van der Waals surface area contributed by atoms with Crippen LogP contribution in [-0.2, 0) is 23.0 Å². The van der Waals surface area contributed by atoms with Gasteiger partial charge in [0.25, 0.3) is 0 Å². The summed E-state index contributed by atoms with van der Waals surface area (Å²) in [7, 11) is -3.24. The van der Waals surface area contributed by atoms with Gasteiger partial charge < -0.3 is 4.90 Å². The molecule has 2 aliphatic rings. The minimum Gasteiger partial charge on any atom is -0.356 e. The molecule has 0 saturated carbocycles. The van der Waals surface area contributed by atoms with Gasteiger partial charge in [-0.1, -0.05) is 43.7 Å². The van der Waals surface area contributed by atoms with E-state index in [-0.39, 0.29) is 5.75 Å². The number of unbranched alkanes of at least 4 members (excludes halogenated alkanes) is 1. The maximum atomic E-state index is 12.8. The van der Waals surface area contributed by atoms with Crippen molar-refractivity contribution in [1.29, 1.82) is 0 Å². The van der Waals surface area contributed by atoms with Crippen LogP contribution in [0, 0.1) is 0 Å². The van der Waals surface area contributed by atoms with Crippen LogP contribution in [0.25, 0.3) is 11.4 Å². The lowest BCUT2D eigenvalue weighted by molar-refractivity contribution is 0.385. The molecule has 1 fully saturated rings. The van der Waals surface area contributed by atoms with E-state index >= 15 is 0 Å². The number of sulfonamides is 1. The number of hydrogen-bond acceptors (Lipinski definition) is 5. The first-order valence-corrected chi connectivity index (χ1v) is 12.4. The van der Waals surface area contributed by atoms with Crippen molar-refractivity contribution in [3.05, 3.63) is 41.6 Å². The van der Waals surface area contributed by atoms with E-state index in [2.05, 4.69) is 4.90 Å². The number of hydrogen-bond donors (Lipinski definition) is 0. The Morgan fingerprint density at radius 2 is 1.76 bits per heavy atom. The third kappa shape index (κ3) is 4.46. The maximum absolute atomic E-state index is 12.8. The van der Waals surface area contributed by atoms with Crippen LogP contribution >= 0.6 is 0 Å². The van der Waals surface area contributed by atoms with E-state index in [1.165, 1.54) is 6.42 Å². The van der Waals surface area contributed by atoms with E-state index < -0.39 is 10.0 Å². The second-order valence-electron chi connectivity index (χ2n) is 7.96. The zero-order valence-corrected chi connectivity index (χ0v) is 18.0. The van der Waals surface area contributed by atoms with Crippen molar-refractivity contribution in [2.45, 2.75) is 52.0 Å². The Bertz CT molecular complexity index is 941. The first-order valence-electron chi connectivity index (χ1n) is 10.8. The van der Waals surface area contributed by atoms with E-state index in [0.29, 0.717) is 25.9 Å². The summed E-state index contributed by atoms with van der Waals surface area (Å²) < 4.78 is 27.2. The molecule has 0 bridgehead atoms. The molecule has 1 aromatic heterocycles. The standard InChI is InChI=1S/C22H30N4O2S/c1-2-3-16-29(27,28)26-15-12-20-19(17-26)22(25-13-8-5-9-14-25)24-21(23-20)18-10-6-4-7-11-18/h4,6-7,10-11H,2-3,5,8-9,12-17H2,1H3. The predicted octanol–water partition coefficient (Wildman–Crippen LogP) is 3.62. The Hall–Kier alpha value is -1.99. The number of nitrogens with zero attached hydrogens (tertiary/aromatic N) is 4. The summed E-state index contributed by atoms with van der Waals surface area (Å²) >= 11 is 0. The fourth-order valence-electron chi connectivity index (χ4n) is 4.15. The third-order valence-corrected chi connectivity index (χ3v) is 7.74. The van der Waals surface area contributed by atoms with Gasteiger partial charge in [0.2, 0.25) is 10.0 Å². The molecular weight excluding hydrogens is 384 g/mol. The smallest absolute Gasteiger partial charge is 0.214 e. The van der Waals surface area contributed by atoms with Gasteiger partial charge in [-0.25, -0.2) is 18.4 Å². The molecule has 0 N–H and O–H groups in total. The molecule has 4 rings (SSSR count). The number of aromatic nitrogens is 2. The number of benzene rings is 1. The Morgan fingerprint density at radius 1 is 1.00 bits per heavy atom. The normalized spacial score (nSPS) is 17.9. The number of anilines is 1. The average molecular weight is 415 g/mol. The Morgan fingerprint density at radius 3 is 2.48 bits per heavy atom. The maximum Gasteiger partial charge on any atom is 0.214 e. The summed E-state index contributed by atoms with van der Waals surface area (Å²) in [5.41, 5.74) is 3.01. The first kappa shape index (κ1) is 20.3. The van der Waals surface area contributed by atoms with Crippen LogP contribution < -0.4 is 4.90 Å². The van der Waals surface area contributed by atoms with E-state index in [0.717, 1.165) is 60.8 Å². The van der Waals surface area contributed by atoms with Gasteiger partial charge in [-0.05, 0) is 25.7 Å². The average Bonchev–Trinajstić information content (AvgIpc) is 2.78. The van der Waals surface area contributed by atoms with Gasteiger partial charge >= 0.3 is 0 Å². The summed E-state index contributed by atoms with van der Waals surface area (Å²) in [6, 6.07) is 10.1. The Balaban J connectivity index is 1.72. The van der Waals surface area contributed by atoms with Crippen molar-refractivity contribution >= 4 is 15.8 Å². The molecule has 2 aliphatic heterocycles. The lowest BCUT2D eigenvalue weighted by atomic mass is 10.0. The molecule has 0 spiro atoms. The van der Waals surface area contributed by atoms with Crippen LogP contribution in [0.2, 0.25) is 0 Å². The predicted molar refractivity (Wildman–Crippen MR) is 116 cm³/mol. The molecule has 0 unspecified atom stereocenters. The minimum absolute atomic E-state index is 0.223. The van der Waals surface area contributed by atoms with E-state index in [1.54, 1.807) is 4.31 Å². The molecule has 29 heavy (non-hydrogen) atoms. The van der Waals surface area contributed by atoms with Gasteiger partial charge in [-0.15, -0.1) is 0 Å². The quantitative estimate of drug-likeness (QED) is 0.722. The largest absolute Gasteiger partial charge is 0.356 e. The molecule has 0 radical (unpaired) electrons. The highest BCUT2D eigenvalue weighted by Gasteiger charge is 2.31. The van der Waals surface area contributed by atoms with Crippen molar-refractivity contribution < 1.29 is 8.42 Å². The third-order valence-electron chi connectivity index (χ3n) is 5.84. The van der Waals surface area contributed by atoms with Crippen molar-refractivity contribution in [2.24, 2.45) is 0 Å². The van der Waals surface area contributed by atoms with Crippen LogP contribution in [0.1, 0.15) is 50.3 Å². The van der Waals surface area contributed by atoms with Crippen molar-refractivity contribution in [3.8, 4) is 11.4 Å². The van der Waals surface area contributed by atoms with Crippen LogP contribution in [0.3, 0.4) is 0 Å². The lowest BCUT2D eigenvalue weighted by Gasteiger charge is -2.34. The molecule has 0 aliphatic carbocycles. The van der Waals surface area contributed by atoms with Crippen LogP contribution in [0.15, 0.2) is 30.3 Å². The fourth-order valence-corrected chi connectivity index (χ4v) is 5.76. The molecule has 0 amide bonds. The molecule has 3 heterocycles. The summed E-state index contributed by atoms with van der Waals surface area (Å²) in [5.74, 6) is 1.90. The summed E-state index contributed by atoms with van der Waals surface area (Å²) in [6.45, 7) is 4.86. The van der Waals surface area contributed by atoms with Crippen molar-refractivity contribution in [3.63, 3.8) is 0 Å².